The molecule has 2 N–H and O–H groups in total. The summed E-state index contributed by atoms with van der Waals surface area (Å²) in [4.78, 5) is 27.2. The third-order valence-electron chi connectivity index (χ3n) is 3.36. The summed E-state index contributed by atoms with van der Waals surface area (Å²) >= 11 is 0. The molecule has 2 aliphatic rings. The van der Waals surface area contributed by atoms with Crippen molar-refractivity contribution >= 4 is 11.8 Å². The lowest BCUT2D eigenvalue weighted by atomic mass is 10.3. The molecule has 1 aliphatic heterocycles. The predicted octanol–water partition coefficient (Wildman–Crippen LogP) is -1.37. The minimum absolute atomic E-state index is 0.118. The Kier molecular flexibility index (Phi) is 4.54. The van der Waals surface area contributed by atoms with Gasteiger partial charge >= 0.3 is 0 Å². The molecule has 0 aromatic carbocycles. The topological polar surface area (TPSA) is 64.7 Å². The number of nitrogens with one attached hydrogen (secondary N) is 2. The van der Waals surface area contributed by atoms with Crippen LogP contribution in [0.5, 0.6) is 0 Å². The summed E-state index contributed by atoms with van der Waals surface area (Å²) in [5, 5.41) is 5.85. The van der Waals surface area contributed by atoms with Gasteiger partial charge < -0.3 is 15.5 Å². The van der Waals surface area contributed by atoms with Gasteiger partial charge in [0.05, 0.1) is 13.1 Å². The van der Waals surface area contributed by atoms with Crippen LogP contribution in [0.25, 0.3) is 0 Å². The van der Waals surface area contributed by atoms with Crippen molar-refractivity contribution in [2.24, 2.45) is 0 Å². The summed E-state index contributed by atoms with van der Waals surface area (Å²) < 4.78 is 0. The Labute approximate surface area is 108 Å². The van der Waals surface area contributed by atoms with E-state index in [9.17, 15) is 9.59 Å². The van der Waals surface area contributed by atoms with Gasteiger partial charge in [0.1, 0.15) is 0 Å². The number of carbonyl (C=O) groups is 2. The van der Waals surface area contributed by atoms with Crippen molar-refractivity contribution in [3.63, 3.8) is 0 Å². The first-order valence-electron chi connectivity index (χ1n) is 6.63. The highest BCUT2D eigenvalue weighted by molar-refractivity contribution is 5.79. The van der Waals surface area contributed by atoms with E-state index in [1.165, 1.54) is 0 Å². The minimum Gasteiger partial charge on any atom is -0.352 e. The molecule has 0 atom stereocenters. The van der Waals surface area contributed by atoms with E-state index in [0.717, 1.165) is 39.0 Å². The zero-order valence-electron chi connectivity index (χ0n) is 10.9. The van der Waals surface area contributed by atoms with Crippen LogP contribution < -0.4 is 10.6 Å². The van der Waals surface area contributed by atoms with E-state index in [4.69, 9.17) is 0 Å². The summed E-state index contributed by atoms with van der Waals surface area (Å²) in [6, 6.07) is 0.427. The van der Waals surface area contributed by atoms with Gasteiger partial charge in [-0.2, -0.15) is 0 Å². The van der Waals surface area contributed by atoms with Gasteiger partial charge in [0.2, 0.25) is 11.8 Å². The number of carbonyl (C=O) groups excluding carboxylic acids is 2. The maximum atomic E-state index is 11.6. The summed E-state index contributed by atoms with van der Waals surface area (Å²) in [5.74, 6) is 0.257. The second-order valence-corrected chi connectivity index (χ2v) is 5.03. The second kappa shape index (κ2) is 6.15. The van der Waals surface area contributed by atoms with Crippen LogP contribution in [-0.4, -0.2) is 74.0 Å². The minimum atomic E-state index is 0.118. The average Bonchev–Trinajstić information content (AvgIpc) is 3.14. The van der Waals surface area contributed by atoms with Crippen molar-refractivity contribution in [3.05, 3.63) is 0 Å². The number of hydrogen-bond acceptors (Lipinski definition) is 4. The van der Waals surface area contributed by atoms with Crippen LogP contribution in [-0.2, 0) is 9.59 Å². The molecule has 0 spiro atoms. The van der Waals surface area contributed by atoms with E-state index >= 15 is 0 Å². The zero-order valence-corrected chi connectivity index (χ0v) is 10.9. The Balaban J connectivity index is 1.66. The van der Waals surface area contributed by atoms with Crippen LogP contribution in [0.3, 0.4) is 0 Å². The molecule has 1 heterocycles. The molecule has 0 aromatic rings. The molecule has 1 aliphatic carbocycles. The Morgan fingerprint density at radius 3 is 2.39 bits per heavy atom. The van der Waals surface area contributed by atoms with E-state index in [-0.39, 0.29) is 11.8 Å². The Hall–Kier alpha value is -1.14. The first-order chi connectivity index (χ1) is 8.69. The lowest BCUT2D eigenvalue weighted by Gasteiger charge is -2.34. The maximum absolute atomic E-state index is 11.6. The van der Waals surface area contributed by atoms with Gasteiger partial charge in [-0.25, -0.2) is 0 Å². The quantitative estimate of drug-likeness (QED) is 0.635. The van der Waals surface area contributed by atoms with E-state index < -0.39 is 0 Å². The smallest absolute Gasteiger partial charge is 0.236 e. The number of nitrogens with zero attached hydrogens (tertiary/aromatic N) is 2. The Morgan fingerprint density at radius 1 is 1.17 bits per heavy atom. The first kappa shape index (κ1) is 13.3. The van der Waals surface area contributed by atoms with Crippen molar-refractivity contribution in [3.8, 4) is 0 Å². The molecule has 2 amide bonds. The Bertz CT molecular complexity index is 309. The predicted molar refractivity (Wildman–Crippen MR) is 68.1 cm³/mol. The van der Waals surface area contributed by atoms with Crippen molar-refractivity contribution in [2.75, 3.05) is 46.3 Å². The number of amides is 2. The highest BCUT2D eigenvalue weighted by Crippen LogP contribution is 2.18. The fourth-order valence-corrected chi connectivity index (χ4v) is 2.12. The monoisotopic (exact) mass is 254 g/mol. The molecule has 1 saturated heterocycles. The normalized spacial score (nSPS) is 20.8. The summed E-state index contributed by atoms with van der Waals surface area (Å²) in [7, 11) is 1.77. The standard InChI is InChI=1S/C12H22N4O2/c1-13-8-12(18)16-6-4-15(5-7-16)9-11(17)14-10-2-3-10/h10,13H,2-9H2,1H3,(H,14,17). The zero-order chi connectivity index (χ0) is 13.0. The molecule has 0 radical (unpaired) electrons. The van der Waals surface area contributed by atoms with Gasteiger partial charge in [-0.05, 0) is 19.9 Å². The lowest BCUT2D eigenvalue weighted by molar-refractivity contribution is -0.132. The maximum Gasteiger partial charge on any atom is 0.236 e. The fourth-order valence-electron chi connectivity index (χ4n) is 2.12. The summed E-state index contributed by atoms with van der Waals surface area (Å²) in [5.41, 5.74) is 0. The third-order valence-corrected chi connectivity index (χ3v) is 3.36. The molecule has 6 heteroatoms. The molecule has 1 saturated carbocycles. The molecule has 0 bridgehead atoms. The van der Waals surface area contributed by atoms with Crippen LogP contribution in [0.15, 0.2) is 0 Å². The SMILES string of the molecule is CNCC(=O)N1CCN(CC(=O)NC2CC2)CC1. The molecule has 0 unspecified atom stereocenters. The summed E-state index contributed by atoms with van der Waals surface area (Å²) in [6.07, 6.45) is 2.25. The van der Waals surface area contributed by atoms with Gasteiger partial charge in [-0.15, -0.1) is 0 Å². The molecule has 2 fully saturated rings. The van der Waals surface area contributed by atoms with Crippen molar-refractivity contribution < 1.29 is 9.59 Å². The second-order valence-electron chi connectivity index (χ2n) is 5.03. The van der Waals surface area contributed by atoms with E-state index in [2.05, 4.69) is 15.5 Å². The average molecular weight is 254 g/mol. The van der Waals surface area contributed by atoms with Gasteiger partial charge in [-0.1, -0.05) is 0 Å². The lowest BCUT2D eigenvalue weighted by Crippen LogP contribution is -2.52. The van der Waals surface area contributed by atoms with Crippen molar-refractivity contribution in [1.82, 2.24) is 20.4 Å². The van der Waals surface area contributed by atoms with Crippen LogP contribution in [0.1, 0.15) is 12.8 Å². The fraction of sp³-hybridized carbons (Fsp3) is 0.833. The molecule has 18 heavy (non-hydrogen) atoms. The molecular weight excluding hydrogens is 232 g/mol. The number of hydrogen-bond donors (Lipinski definition) is 2. The number of piperazine rings is 1. The van der Waals surface area contributed by atoms with E-state index in [0.29, 0.717) is 19.1 Å². The highest BCUT2D eigenvalue weighted by Gasteiger charge is 2.26. The van der Waals surface area contributed by atoms with Crippen LogP contribution in [0, 0.1) is 0 Å². The van der Waals surface area contributed by atoms with Gasteiger partial charge in [-0.3, -0.25) is 14.5 Å². The van der Waals surface area contributed by atoms with Gasteiger partial charge in [0.25, 0.3) is 0 Å². The molecular formula is C12H22N4O2. The largest absolute Gasteiger partial charge is 0.352 e. The first-order valence-corrected chi connectivity index (χ1v) is 6.63. The van der Waals surface area contributed by atoms with Crippen LogP contribution in [0.4, 0.5) is 0 Å². The van der Waals surface area contributed by atoms with Crippen LogP contribution >= 0.6 is 0 Å². The Morgan fingerprint density at radius 2 is 1.83 bits per heavy atom. The molecule has 2 rings (SSSR count). The number of rotatable bonds is 5. The third kappa shape index (κ3) is 3.96. The van der Waals surface area contributed by atoms with E-state index in [1.54, 1.807) is 7.05 Å². The van der Waals surface area contributed by atoms with Crippen molar-refractivity contribution in [2.45, 2.75) is 18.9 Å². The molecule has 6 nitrogen and oxygen atoms in total. The summed E-state index contributed by atoms with van der Waals surface area (Å²) in [6.45, 7) is 3.86. The highest BCUT2D eigenvalue weighted by atomic mass is 16.2. The molecule has 0 aromatic heterocycles. The number of likely N-dealkylation sites (N-methyl/N-ethyl adjacent to an activating group) is 1. The van der Waals surface area contributed by atoms with Gasteiger partial charge in [0.15, 0.2) is 0 Å². The van der Waals surface area contributed by atoms with Crippen LogP contribution in [0.2, 0.25) is 0 Å². The van der Waals surface area contributed by atoms with E-state index in [1.807, 2.05) is 4.90 Å². The molecule has 102 valence electrons. The van der Waals surface area contributed by atoms with Crippen molar-refractivity contribution in [1.29, 1.82) is 0 Å². The van der Waals surface area contributed by atoms with Gasteiger partial charge in [0, 0.05) is 32.2 Å².